The quantitative estimate of drug-likeness (QED) is 0.821. The highest BCUT2D eigenvalue weighted by atomic mass is 19.1. The first-order valence-corrected chi connectivity index (χ1v) is 7.09. The first-order valence-electron chi connectivity index (χ1n) is 7.09. The van der Waals surface area contributed by atoms with Crippen molar-refractivity contribution in [2.75, 3.05) is 0 Å². The number of unbranched alkanes of at least 4 members (excludes halogenated alkanes) is 2. The molecule has 0 saturated heterocycles. The van der Waals surface area contributed by atoms with E-state index in [0.717, 1.165) is 25.8 Å². The standard InChI is InChI=1S/C16H19FN2O2/c1-3-4-5-6-19-10-12(9-18-19)13-8-15(17)11(2)7-14(13)16(20)21/h7-10H,3-6H2,1-2H3,(H,20,21). The van der Waals surface area contributed by atoms with Gasteiger partial charge in [0.1, 0.15) is 5.82 Å². The minimum atomic E-state index is -1.06. The van der Waals surface area contributed by atoms with Crippen LogP contribution in [-0.4, -0.2) is 20.9 Å². The summed E-state index contributed by atoms with van der Waals surface area (Å²) in [5.74, 6) is -1.47. The fourth-order valence-corrected chi connectivity index (χ4v) is 2.25. The Kier molecular flexibility index (Phi) is 4.73. The molecule has 0 aliphatic rings. The van der Waals surface area contributed by atoms with Crippen LogP contribution in [0.1, 0.15) is 42.1 Å². The van der Waals surface area contributed by atoms with Crippen molar-refractivity contribution < 1.29 is 14.3 Å². The number of aromatic carboxylic acids is 1. The highest BCUT2D eigenvalue weighted by Crippen LogP contribution is 2.26. The van der Waals surface area contributed by atoms with E-state index >= 15 is 0 Å². The molecule has 0 bridgehead atoms. The average molecular weight is 290 g/mol. The predicted octanol–water partition coefficient (Wildman–Crippen LogP) is 3.89. The summed E-state index contributed by atoms with van der Waals surface area (Å²) in [7, 11) is 0. The van der Waals surface area contributed by atoms with E-state index in [1.54, 1.807) is 24.0 Å². The molecular weight excluding hydrogens is 271 g/mol. The number of benzene rings is 1. The lowest BCUT2D eigenvalue weighted by molar-refractivity contribution is 0.0697. The summed E-state index contributed by atoms with van der Waals surface area (Å²) in [6.07, 6.45) is 6.62. The van der Waals surface area contributed by atoms with Crippen molar-refractivity contribution in [3.05, 3.63) is 41.5 Å². The number of carbonyl (C=O) groups is 1. The number of hydrogen-bond acceptors (Lipinski definition) is 2. The summed E-state index contributed by atoms with van der Waals surface area (Å²) in [4.78, 5) is 11.3. The number of carboxylic acid groups (broad SMARTS) is 1. The molecule has 1 heterocycles. The number of aryl methyl sites for hydroxylation is 2. The molecule has 0 saturated carbocycles. The van der Waals surface area contributed by atoms with Crippen LogP contribution in [0.2, 0.25) is 0 Å². The Balaban J connectivity index is 2.33. The van der Waals surface area contributed by atoms with Crippen molar-refractivity contribution in [3.8, 4) is 11.1 Å². The first-order chi connectivity index (χ1) is 10.0. The van der Waals surface area contributed by atoms with Crippen LogP contribution in [-0.2, 0) is 6.54 Å². The zero-order chi connectivity index (χ0) is 15.4. The number of carboxylic acids is 1. The highest BCUT2D eigenvalue weighted by molar-refractivity contribution is 5.96. The molecule has 0 fully saturated rings. The SMILES string of the molecule is CCCCCn1cc(-c2cc(F)c(C)cc2C(=O)O)cn1. The molecule has 0 unspecified atom stereocenters. The van der Waals surface area contributed by atoms with E-state index in [0.29, 0.717) is 16.7 Å². The number of aromatic nitrogens is 2. The van der Waals surface area contributed by atoms with Gasteiger partial charge < -0.3 is 5.11 Å². The topological polar surface area (TPSA) is 55.1 Å². The molecule has 0 radical (unpaired) electrons. The fraction of sp³-hybridized carbons (Fsp3) is 0.375. The minimum Gasteiger partial charge on any atom is -0.478 e. The lowest BCUT2D eigenvalue weighted by atomic mass is 10.00. The van der Waals surface area contributed by atoms with Gasteiger partial charge in [0.25, 0.3) is 0 Å². The molecule has 21 heavy (non-hydrogen) atoms. The lowest BCUT2D eigenvalue weighted by Gasteiger charge is -2.06. The Morgan fingerprint density at radius 2 is 2.14 bits per heavy atom. The van der Waals surface area contributed by atoms with Gasteiger partial charge in [-0.1, -0.05) is 19.8 Å². The summed E-state index contributed by atoms with van der Waals surface area (Å²) in [6, 6.07) is 2.63. The van der Waals surface area contributed by atoms with Crippen molar-refractivity contribution in [2.24, 2.45) is 0 Å². The predicted molar refractivity (Wildman–Crippen MR) is 78.8 cm³/mol. The van der Waals surface area contributed by atoms with Crippen LogP contribution in [0.25, 0.3) is 11.1 Å². The third kappa shape index (κ3) is 3.48. The Labute approximate surface area is 123 Å². The van der Waals surface area contributed by atoms with Crippen molar-refractivity contribution in [1.29, 1.82) is 0 Å². The van der Waals surface area contributed by atoms with Gasteiger partial charge in [0.2, 0.25) is 0 Å². The third-order valence-electron chi connectivity index (χ3n) is 3.46. The lowest BCUT2D eigenvalue weighted by Crippen LogP contribution is -2.02. The van der Waals surface area contributed by atoms with Crippen molar-refractivity contribution in [2.45, 2.75) is 39.7 Å². The summed E-state index contributed by atoms with van der Waals surface area (Å²) < 4.78 is 15.5. The maximum atomic E-state index is 13.7. The zero-order valence-electron chi connectivity index (χ0n) is 12.3. The van der Waals surface area contributed by atoms with Crippen molar-refractivity contribution >= 4 is 5.97 Å². The fourth-order valence-electron chi connectivity index (χ4n) is 2.25. The van der Waals surface area contributed by atoms with E-state index in [4.69, 9.17) is 0 Å². The maximum Gasteiger partial charge on any atom is 0.336 e. The number of halogens is 1. The molecular formula is C16H19FN2O2. The maximum absolute atomic E-state index is 13.7. The molecule has 0 aliphatic heterocycles. The second-order valence-corrected chi connectivity index (χ2v) is 5.15. The van der Waals surface area contributed by atoms with E-state index in [1.807, 2.05) is 0 Å². The summed E-state index contributed by atoms with van der Waals surface area (Å²) in [5.41, 5.74) is 1.42. The van der Waals surface area contributed by atoms with E-state index in [9.17, 15) is 14.3 Å². The van der Waals surface area contributed by atoms with Gasteiger partial charge >= 0.3 is 5.97 Å². The van der Waals surface area contributed by atoms with Gasteiger partial charge in [-0.3, -0.25) is 4.68 Å². The molecule has 5 heteroatoms. The summed E-state index contributed by atoms with van der Waals surface area (Å²) in [5, 5.41) is 13.5. The third-order valence-corrected chi connectivity index (χ3v) is 3.46. The van der Waals surface area contributed by atoms with Crippen LogP contribution in [0.4, 0.5) is 4.39 Å². The molecule has 1 N–H and O–H groups in total. The Morgan fingerprint density at radius 3 is 2.81 bits per heavy atom. The smallest absolute Gasteiger partial charge is 0.336 e. The Bertz CT molecular complexity index is 650. The minimum absolute atomic E-state index is 0.0991. The van der Waals surface area contributed by atoms with Crippen LogP contribution in [0.15, 0.2) is 24.5 Å². The van der Waals surface area contributed by atoms with E-state index in [-0.39, 0.29) is 5.56 Å². The molecule has 1 aromatic carbocycles. The normalized spacial score (nSPS) is 10.8. The first kappa shape index (κ1) is 15.2. The Morgan fingerprint density at radius 1 is 1.38 bits per heavy atom. The average Bonchev–Trinajstić information content (AvgIpc) is 2.90. The number of hydrogen-bond donors (Lipinski definition) is 1. The van der Waals surface area contributed by atoms with Crippen molar-refractivity contribution in [3.63, 3.8) is 0 Å². The Hall–Kier alpha value is -2.17. The monoisotopic (exact) mass is 290 g/mol. The second kappa shape index (κ2) is 6.52. The molecule has 2 rings (SSSR count). The van der Waals surface area contributed by atoms with Gasteiger partial charge in [-0.25, -0.2) is 9.18 Å². The van der Waals surface area contributed by atoms with Gasteiger partial charge in [-0.15, -0.1) is 0 Å². The van der Waals surface area contributed by atoms with E-state index in [2.05, 4.69) is 12.0 Å². The largest absolute Gasteiger partial charge is 0.478 e. The van der Waals surface area contributed by atoms with Gasteiger partial charge in [-0.05, 0) is 31.0 Å². The molecule has 0 aliphatic carbocycles. The number of nitrogens with zero attached hydrogens (tertiary/aromatic N) is 2. The molecule has 4 nitrogen and oxygen atoms in total. The molecule has 112 valence electrons. The van der Waals surface area contributed by atoms with Crippen LogP contribution >= 0.6 is 0 Å². The van der Waals surface area contributed by atoms with Crippen LogP contribution in [0.3, 0.4) is 0 Å². The summed E-state index contributed by atoms with van der Waals surface area (Å²) >= 11 is 0. The van der Waals surface area contributed by atoms with Crippen LogP contribution in [0.5, 0.6) is 0 Å². The van der Waals surface area contributed by atoms with Gasteiger partial charge in [-0.2, -0.15) is 5.10 Å². The highest BCUT2D eigenvalue weighted by Gasteiger charge is 2.16. The molecule has 1 aromatic heterocycles. The van der Waals surface area contributed by atoms with Crippen LogP contribution in [0, 0.1) is 12.7 Å². The number of rotatable bonds is 6. The summed E-state index contributed by atoms with van der Waals surface area (Å²) in [6.45, 7) is 4.47. The van der Waals surface area contributed by atoms with E-state index in [1.165, 1.54) is 12.1 Å². The molecule has 0 spiro atoms. The van der Waals surface area contributed by atoms with Crippen molar-refractivity contribution in [1.82, 2.24) is 9.78 Å². The molecule has 2 aromatic rings. The van der Waals surface area contributed by atoms with Crippen LogP contribution < -0.4 is 0 Å². The molecule has 0 amide bonds. The zero-order valence-corrected chi connectivity index (χ0v) is 12.3. The molecule has 0 atom stereocenters. The van der Waals surface area contributed by atoms with Gasteiger partial charge in [0.15, 0.2) is 0 Å². The van der Waals surface area contributed by atoms with E-state index < -0.39 is 11.8 Å². The second-order valence-electron chi connectivity index (χ2n) is 5.15. The van der Waals surface area contributed by atoms with Gasteiger partial charge in [0, 0.05) is 23.9 Å². The van der Waals surface area contributed by atoms with Gasteiger partial charge in [0.05, 0.1) is 11.8 Å².